The molecule has 3 aromatic carbocycles. The molecule has 0 saturated heterocycles. The molecule has 0 atom stereocenters. The molecule has 2 N–H and O–H groups in total. The van der Waals surface area contributed by atoms with Gasteiger partial charge in [0.2, 0.25) is 5.95 Å². The Labute approximate surface area is 228 Å². The molecule has 202 valence electrons. The van der Waals surface area contributed by atoms with Gasteiger partial charge < -0.3 is 10.6 Å². The summed E-state index contributed by atoms with van der Waals surface area (Å²) in [7, 11) is 0. The first kappa shape index (κ1) is 25.5. The van der Waals surface area contributed by atoms with E-state index in [4.69, 9.17) is 4.98 Å². The number of amides is 1. The Morgan fingerprint density at radius 2 is 1.90 bits per heavy atom. The van der Waals surface area contributed by atoms with Crippen molar-refractivity contribution in [3.05, 3.63) is 102 Å². The second-order valence-corrected chi connectivity index (χ2v) is 9.94. The number of anilines is 2. The number of aromatic nitrogens is 4. The third kappa shape index (κ3) is 5.51. The van der Waals surface area contributed by atoms with Gasteiger partial charge in [-0.15, -0.1) is 0 Å². The monoisotopic (exact) mass is 542 g/mol. The zero-order valence-electron chi connectivity index (χ0n) is 21.5. The van der Waals surface area contributed by atoms with Crippen LogP contribution in [-0.2, 0) is 12.7 Å². The number of nitrogens with one attached hydrogen (secondary N) is 2. The lowest BCUT2D eigenvalue weighted by Crippen LogP contribution is -2.23. The molecule has 0 spiro atoms. The fraction of sp³-hybridized carbons (Fsp3) is 0.200. The summed E-state index contributed by atoms with van der Waals surface area (Å²) >= 11 is 0. The molecule has 10 heteroatoms. The van der Waals surface area contributed by atoms with E-state index in [2.05, 4.69) is 20.7 Å². The first-order valence-corrected chi connectivity index (χ1v) is 12.9. The van der Waals surface area contributed by atoms with E-state index in [1.54, 1.807) is 12.4 Å². The molecule has 1 aliphatic rings. The number of carbonyl (C=O) groups excluding carboxylic acids is 1. The fourth-order valence-corrected chi connectivity index (χ4v) is 4.53. The van der Waals surface area contributed by atoms with Crippen LogP contribution >= 0.6 is 0 Å². The second-order valence-electron chi connectivity index (χ2n) is 9.94. The summed E-state index contributed by atoms with van der Waals surface area (Å²) in [6.07, 6.45) is 3.29. The van der Waals surface area contributed by atoms with Gasteiger partial charge in [0, 0.05) is 29.9 Å². The van der Waals surface area contributed by atoms with Crippen LogP contribution in [0.4, 0.5) is 24.8 Å². The average Bonchev–Trinajstić information content (AvgIpc) is 3.70. The van der Waals surface area contributed by atoms with Crippen molar-refractivity contribution in [2.45, 2.75) is 38.5 Å². The molecule has 1 aliphatic carbocycles. The number of fused-ring (bicyclic) bond motifs is 1. The van der Waals surface area contributed by atoms with Crippen LogP contribution in [0.2, 0.25) is 0 Å². The van der Waals surface area contributed by atoms with E-state index in [9.17, 15) is 18.0 Å². The van der Waals surface area contributed by atoms with Crippen LogP contribution in [0.5, 0.6) is 0 Å². The van der Waals surface area contributed by atoms with Crippen LogP contribution in [0.15, 0.2) is 79.3 Å². The zero-order chi connectivity index (χ0) is 27.9. The second kappa shape index (κ2) is 10.1. The van der Waals surface area contributed by atoms with Crippen molar-refractivity contribution in [2.75, 3.05) is 5.32 Å². The van der Waals surface area contributed by atoms with E-state index in [0.29, 0.717) is 12.0 Å². The van der Waals surface area contributed by atoms with Crippen molar-refractivity contribution < 1.29 is 18.0 Å². The smallest absolute Gasteiger partial charge is 0.348 e. The van der Waals surface area contributed by atoms with Gasteiger partial charge in [0.1, 0.15) is 0 Å². The molecule has 0 bridgehead atoms. The Kier molecular flexibility index (Phi) is 6.45. The fourth-order valence-electron chi connectivity index (χ4n) is 4.53. The SMILES string of the molecule is Cc1ccc(CNC(=O)c2cccc(C(F)(F)F)c2)cc1-c1ccc2cnc(Nc3cnn(C4CC4)c3)nc2c1. The summed E-state index contributed by atoms with van der Waals surface area (Å²) in [5.41, 5.74) is 4.47. The molecule has 6 rings (SSSR count). The van der Waals surface area contributed by atoms with Gasteiger partial charge in [-0.3, -0.25) is 9.48 Å². The summed E-state index contributed by atoms with van der Waals surface area (Å²) in [5, 5.41) is 11.2. The lowest BCUT2D eigenvalue weighted by molar-refractivity contribution is -0.137. The summed E-state index contributed by atoms with van der Waals surface area (Å²) in [5.74, 6) is -0.0962. The van der Waals surface area contributed by atoms with E-state index < -0.39 is 17.6 Å². The minimum absolute atomic E-state index is 0.0410. The number of halogens is 3. The zero-order valence-corrected chi connectivity index (χ0v) is 21.5. The maximum absolute atomic E-state index is 13.0. The van der Waals surface area contributed by atoms with Crippen molar-refractivity contribution >= 4 is 28.4 Å². The van der Waals surface area contributed by atoms with Crippen molar-refractivity contribution in [1.82, 2.24) is 25.1 Å². The molecule has 0 unspecified atom stereocenters. The normalized spacial score (nSPS) is 13.4. The molecular formula is C30H25F3N6O. The number of carbonyl (C=O) groups is 1. The van der Waals surface area contributed by atoms with Crippen molar-refractivity contribution in [2.24, 2.45) is 0 Å². The summed E-state index contributed by atoms with van der Waals surface area (Å²) in [6, 6.07) is 16.6. The summed E-state index contributed by atoms with van der Waals surface area (Å²) in [6.45, 7) is 2.16. The summed E-state index contributed by atoms with van der Waals surface area (Å²) in [4.78, 5) is 21.7. The molecule has 1 fully saturated rings. The number of hydrogen-bond acceptors (Lipinski definition) is 5. The van der Waals surface area contributed by atoms with Crippen LogP contribution in [-0.4, -0.2) is 25.7 Å². The van der Waals surface area contributed by atoms with E-state index in [1.165, 1.54) is 12.1 Å². The van der Waals surface area contributed by atoms with Gasteiger partial charge in [0.05, 0.1) is 29.0 Å². The molecule has 1 saturated carbocycles. The Balaban J connectivity index is 1.20. The Morgan fingerprint density at radius 1 is 1.05 bits per heavy atom. The van der Waals surface area contributed by atoms with Crippen LogP contribution < -0.4 is 10.6 Å². The molecular weight excluding hydrogens is 517 g/mol. The third-order valence-corrected chi connectivity index (χ3v) is 6.88. The predicted octanol–water partition coefficient (Wildman–Crippen LogP) is 6.83. The highest BCUT2D eigenvalue weighted by Crippen LogP contribution is 2.35. The third-order valence-electron chi connectivity index (χ3n) is 6.88. The molecule has 7 nitrogen and oxygen atoms in total. The van der Waals surface area contributed by atoms with Crippen LogP contribution in [0.25, 0.3) is 22.0 Å². The Hall–Kier alpha value is -4.73. The number of nitrogens with zero attached hydrogens (tertiary/aromatic N) is 4. The number of rotatable bonds is 7. The van der Waals surface area contributed by atoms with E-state index >= 15 is 0 Å². The van der Waals surface area contributed by atoms with E-state index in [1.807, 2.05) is 54.2 Å². The largest absolute Gasteiger partial charge is 0.416 e. The van der Waals surface area contributed by atoms with Gasteiger partial charge in [0.15, 0.2) is 0 Å². The van der Waals surface area contributed by atoms with Crippen molar-refractivity contribution in [3.63, 3.8) is 0 Å². The quantitative estimate of drug-likeness (QED) is 0.236. The average molecular weight is 543 g/mol. The topological polar surface area (TPSA) is 84.7 Å². The highest BCUT2D eigenvalue weighted by molar-refractivity contribution is 5.94. The molecule has 1 amide bonds. The molecule has 0 radical (unpaired) electrons. The number of alkyl halides is 3. The maximum Gasteiger partial charge on any atom is 0.416 e. The highest BCUT2D eigenvalue weighted by Gasteiger charge is 2.31. The van der Waals surface area contributed by atoms with E-state index in [0.717, 1.165) is 63.8 Å². The summed E-state index contributed by atoms with van der Waals surface area (Å²) < 4.78 is 41.0. The Morgan fingerprint density at radius 3 is 2.70 bits per heavy atom. The van der Waals surface area contributed by atoms with Gasteiger partial charge >= 0.3 is 6.18 Å². The standard InChI is InChI=1S/C30H25F3N6O/c1-18-5-6-19(14-34-28(40)21-3-2-4-23(12-21)30(31,32)33)11-26(18)20-7-8-22-15-35-29(38-27(22)13-20)37-24-16-36-39(17-24)25-9-10-25/h2-8,11-13,15-17,25H,9-10,14H2,1H3,(H,34,40)(H,35,37,38). The van der Waals surface area contributed by atoms with Crippen LogP contribution in [0, 0.1) is 6.92 Å². The predicted molar refractivity (Wildman–Crippen MR) is 146 cm³/mol. The molecule has 5 aromatic rings. The van der Waals surface area contributed by atoms with Gasteiger partial charge in [-0.1, -0.05) is 30.3 Å². The first-order valence-electron chi connectivity index (χ1n) is 12.9. The van der Waals surface area contributed by atoms with Crippen LogP contribution in [0.1, 0.15) is 45.9 Å². The van der Waals surface area contributed by atoms with Crippen molar-refractivity contribution in [3.8, 4) is 11.1 Å². The van der Waals surface area contributed by atoms with Gasteiger partial charge in [-0.2, -0.15) is 18.3 Å². The van der Waals surface area contributed by atoms with Crippen LogP contribution in [0.3, 0.4) is 0 Å². The van der Waals surface area contributed by atoms with Crippen molar-refractivity contribution in [1.29, 1.82) is 0 Å². The van der Waals surface area contributed by atoms with Gasteiger partial charge in [-0.05, 0) is 72.4 Å². The number of aryl methyl sites for hydroxylation is 1. The maximum atomic E-state index is 13.0. The number of hydrogen-bond donors (Lipinski definition) is 2. The lowest BCUT2D eigenvalue weighted by Gasteiger charge is -2.12. The number of benzene rings is 3. The van der Waals surface area contributed by atoms with E-state index in [-0.39, 0.29) is 12.1 Å². The highest BCUT2D eigenvalue weighted by atomic mass is 19.4. The molecule has 0 aliphatic heterocycles. The molecule has 2 aromatic heterocycles. The van der Waals surface area contributed by atoms with Gasteiger partial charge in [-0.25, -0.2) is 9.97 Å². The molecule has 40 heavy (non-hydrogen) atoms. The Bertz CT molecular complexity index is 1720. The minimum Gasteiger partial charge on any atom is -0.348 e. The first-order chi connectivity index (χ1) is 19.2. The van der Waals surface area contributed by atoms with Gasteiger partial charge in [0.25, 0.3) is 5.91 Å². The molecule has 2 heterocycles. The minimum atomic E-state index is -4.51. The lowest BCUT2D eigenvalue weighted by atomic mass is 9.97.